The number of allylic oxidation sites excluding steroid dienone is 1. The van der Waals surface area contributed by atoms with E-state index in [9.17, 15) is 12.8 Å². The van der Waals surface area contributed by atoms with E-state index in [4.69, 9.17) is 0 Å². The number of hydrogen-bond acceptors (Lipinski definition) is 2. The molecule has 4 heteroatoms. The fourth-order valence-corrected chi connectivity index (χ4v) is 3.50. The van der Waals surface area contributed by atoms with Crippen LogP contribution in [0, 0.1) is 5.92 Å². The zero-order valence-corrected chi connectivity index (χ0v) is 13.3. The Labute approximate surface area is 130 Å². The van der Waals surface area contributed by atoms with E-state index in [1.807, 2.05) is 37.3 Å². The molecule has 2 aromatic rings. The van der Waals surface area contributed by atoms with Crippen molar-refractivity contribution in [2.75, 3.05) is 6.26 Å². The molecule has 0 heterocycles. The molecule has 2 unspecified atom stereocenters. The number of alkyl halides is 1. The van der Waals surface area contributed by atoms with E-state index >= 15 is 0 Å². The molecule has 22 heavy (non-hydrogen) atoms. The van der Waals surface area contributed by atoms with Crippen LogP contribution in [0.2, 0.25) is 0 Å². The van der Waals surface area contributed by atoms with E-state index in [2.05, 4.69) is 0 Å². The molecule has 3 rings (SSSR count). The largest absolute Gasteiger partial charge is 0.242 e. The SMILES string of the molecule is CC1C(=Cc2ccc(S(C)(=O)=O)cc2)c2ccccc2C1F. The maximum atomic E-state index is 14.4. The quantitative estimate of drug-likeness (QED) is 0.828. The van der Waals surface area contributed by atoms with E-state index in [0.717, 1.165) is 22.3 Å². The standard InChI is InChI=1S/C18H17FO2S/c1-12-17(15-5-3-4-6-16(15)18(12)19)11-13-7-9-14(10-8-13)22(2,20)21/h3-12,18H,1-2H3. The van der Waals surface area contributed by atoms with Gasteiger partial charge in [-0.3, -0.25) is 0 Å². The van der Waals surface area contributed by atoms with Gasteiger partial charge in [-0.25, -0.2) is 12.8 Å². The molecular weight excluding hydrogens is 299 g/mol. The van der Waals surface area contributed by atoms with Gasteiger partial charge in [0.05, 0.1) is 4.90 Å². The highest BCUT2D eigenvalue weighted by molar-refractivity contribution is 7.90. The minimum absolute atomic E-state index is 0.202. The molecule has 0 amide bonds. The zero-order chi connectivity index (χ0) is 15.9. The molecule has 2 aromatic carbocycles. The van der Waals surface area contributed by atoms with Crippen molar-refractivity contribution < 1.29 is 12.8 Å². The van der Waals surface area contributed by atoms with Gasteiger partial charge in [0, 0.05) is 12.2 Å². The second-order valence-electron chi connectivity index (χ2n) is 5.72. The van der Waals surface area contributed by atoms with Gasteiger partial charge >= 0.3 is 0 Å². The van der Waals surface area contributed by atoms with Gasteiger partial charge in [-0.15, -0.1) is 0 Å². The first kappa shape index (κ1) is 15.0. The van der Waals surface area contributed by atoms with Crippen LogP contribution in [0.15, 0.2) is 53.4 Å². The minimum Gasteiger partial charge on any atom is -0.242 e. The summed E-state index contributed by atoms with van der Waals surface area (Å²) in [6, 6.07) is 14.2. The second-order valence-corrected chi connectivity index (χ2v) is 7.73. The highest BCUT2D eigenvalue weighted by Crippen LogP contribution is 2.47. The van der Waals surface area contributed by atoms with Gasteiger partial charge in [-0.1, -0.05) is 49.4 Å². The van der Waals surface area contributed by atoms with Crippen LogP contribution in [0.4, 0.5) is 4.39 Å². The summed E-state index contributed by atoms with van der Waals surface area (Å²) in [5, 5.41) is 0. The molecule has 1 aliphatic rings. The summed E-state index contributed by atoms with van der Waals surface area (Å²) in [6.07, 6.45) is 2.14. The fourth-order valence-electron chi connectivity index (χ4n) is 2.87. The lowest BCUT2D eigenvalue weighted by atomic mass is 9.98. The molecule has 1 aliphatic carbocycles. The van der Waals surface area contributed by atoms with Crippen molar-refractivity contribution in [1.82, 2.24) is 0 Å². The van der Waals surface area contributed by atoms with Gasteiger partial charge in [-0.2, -0.15) is 0 Å². The normalized spacial score (nSPS) is 22.8. The molecule has 114 valence electrons. The summed E-state index contributed by atoms with van der Waals surface area (Å²) in [5.74, 6) is -0.202. The van der Waals surface area contributed by atoms with Crippen LogP contribution in [-0.4, -0.2) is 14.7 Å². The average Bonchev–Trinajstić information content (AvgIpc) is 2.73. The average molecular weight is 316 g/mol. The van der Waals surface area contributed by atoms with E-state index in [1.165, 1.54) is 6.26 Å². The van der Waals surface area contributed by atoms with Crippen LogP contribution >= 0.6 is 0 Å². The molecule has 0 N–H and O–H groups in total. The summed E-state index contributed by atoms with van der Waals surface area (Å²) in [7, 11) is -3.20. The molecule has 0 saturated heterocycles. The third-order valence-electron chi connectivity index (χ3n) is 4.13. The third-order valence-corrected chi connectivity index (χ3v) is 5.26. The Balaban J connectivity index is 2.02. The molecule has 0 radical (unpaired) electrons. The van der Waals surface area contributed by atoms with Crippen LogP contribution in [0.1, 0.15) is 29.8 Å². The number of rotatable bonds is 2. The number of fused-ring (bicyclic) bond motifs is 1. The van der Waals surface area contributed by atoms with Gasteiger partial charge in [0.1, 0.15) is 6.17 Å². The Morgan fingerprint density at radius 2 is 1.68 bits per heavy atom. The maximum absolute atomic E-state index is 14.4. The molecular formula is C18H17FO2S. The summed E-state index contributed by atoms with van der Waals surface area (Å²) in [6.45, 7) is 1.88. The van der Waals surface area contributed by atoms with E-state index < -0.39 is 16.0 Å². The van der Waals surface area contributed by atoms with Crippen molar-refractivity contribution in [2.24, 2.45) is 5.92 Å². The van der Waals surface area contributed by atoms with Gasteiger partial charge < -0.3 is 0 Å². The van der Waals surface area contributed by atoms with Crippen molar-refractivity contribution in [2.45, 2.75) is 18.0 Å². The fraction of sp³-hybridized carbons (Fsp3) is 0.222. The number of hydrogen-bond donors (Lipinski definition) is 0. The monoisotopic (exact) mass is 316 g/mol. The van der Waals surface area contributed by atoms with Crippen LogP contribution < -0.4 is 0 Å². The Morgan fingerprint density at radius 3 is 2.32 bits per heavy atom. The lowest BCUT2D eigenvalue weighted by Gasteiger charge is -2.08. The Morgan fingerprint density at radius 1 is 1.05 bits per heavy atom. The van der Waals surface area contributed by atoms with E-state index in [1.54, 1.807) is 24.3 Å². The first-order chi connectivity index (χ1) is 10.4. The molecule has 0 aromatic heterocycles. The van der Waals surface area contributed by atoms with Crippen molar-refractivity contribution in [3.63, 3.8) is 0 Å². The summed E-state index contributed by atoms with van der Waals surface area (Å²) < 4.78 is 37.3. The Bertz CT molecular complexity index is 836. The predicted molar refractivity (Wildman–Crippen MR) is 86.9 cm³/mol. The minimum atomic E-state index is -3.20. The van der Waals surface area contributed by atoms with Crippen molar-refractivity contribution in [3.8, 4) is 0 Å². The highest BCUT2D eigenvalue weighted by Gasteiger charge is 2.33. The van der Waals surface area contributed by atoms with Crippen molar-refractivity contribution in [1.29, 1.82) is 0 Å². The number of halogens is 1. The molecule has 0 aliphatic heterocycles. The van der Waals surface area contributed by atoms with Gasteiger partial charge in [0.15, 0.2) is 9.84 Å². The van der Waals surface area contributed by atoms with Crippen LogP contribution in [0.5, 0.6) is 0 Å². The zero-order valence-electron chi connectivity index (χ0n) is 12.5. The van der Waals surface area contributed by atoms with Gasteiger partial charge in [0.25, 0.3) is 0 Å². The third kappa shape index (κ3) is 2.59. The molecule has 2 nitrogen and oxygen atoms in total. The summed E-state index contributed by atoms with van der Waals surface area (Å²) in [4.78, 5) is 0.290. The van der Waals surface area contributed by atoms with Gasteiger partial charge in [0.2, 0.25) is 0 Å². The van der Waals surface area contributed by atoms with Crippen LogP contribution in [0.25, 0.3) is 11.6 Å². The molecule has 0 saturated carbocycles. The topological polar surface area (TPSA) is 34.1 Å². The molecule has 0 spiro atoms. The van der Waals surface area contributed by atoms with Gasteiger partial charge in [-0.05, 0) is 34.4 Å². The Hall–Kier alpha value is -1.94. The van der Waals surface area contributed by atoms with Crippen LogP contribution in [0.3, 0.4) is 0 Å². The molecule has 2 atom stereocenters. The van der Waals surface area contributed by atoms with Crippen LogP contribution in [-0.2, 0) is 9.84 Å². The number of benzene rings is 2. The lowest BCUT2D eigenvalue weighted by molar-refractivity contribution is 0.301. The summed E-state index contributed by atoms with van der Waals surface area (Å²) in [5.41, 5.74) is 3.50. The second kappa shape index (κ2) is 5.36. The first-order valence-corrected chi connectivity index (χ1v) is 9.02. The summed E-state index contributed by atoms with van der Waals surface area (Å²) >= 11 is 0. The maximum Gasteiger partial charge on any atom is 0.175 e. The molecule has 0 bridgehead atoms. The molecule has 0 fully saturated rings. The van der Waals surface area contributed by atoms with E-state index in [0.29, 0.717) is 0 Å². The smallest absolute Gasteiger partial charge is 0.175 e. The Kier molecular flexibility index (Phi) is 3.65. The number of sulfone groups is 1. The first-order valence-electron chi connectivity index (χ1n) is 7.13. The highest BCUT2D eigenvalue weighted by atomic mass is 32.2. The van der Waals surface area contributed by atoms with Crippen molar-refractivity contribution >= 4 is 21.5 Å². The van der Waals surface area contributed by atoms with E-state index in [-0.39, 0.29) is 10.8 Å². The van der Waals surface area contributed by atoms with Crippen molar-refractivity contribution in [3.05, 3.63) is 65.2 Å². The lowest BCUT2D eigenvalue weighted by Crippen LogP contribution is -1.97. The predicted octanol–water partition coefficient (Wildman–Crippen LogP) is 4.29.